The van der Waals surface area contributed by atoms with Gasteiger partial charge in [-0.2, -0.15) is 0 Å². The van der Waals surface area contributed by atoms with Crippen LogP contribution in [0.5, 0.6) is 0 Å². The average molecular weight is 292 g/mol. The minimum Gasteiger partial charge on any atom is -0.479 e. The predicted molar refractivity (Wildman–Crippen MR) is 81.2 cm³/mol. The molecule has 1 fully saturated rings. The molecule has 1 aliphatic rings. The van der Waals surface area contributed by atoms with Gasteiger partial charge >= 0.3 is 5.97 Å². The van der Waals surface area contributed by atoms with Gasteiger partial charge in [0.2, 0.25) is 0 Å². The number of rotatable bonds is 7. The number of piperazine rings is 1. The summed E-state index contributed by atoms with van der Waals surface area (Å²) < 4.78 is 5.27. The summed E-state index contributed by atoms with van der Waals surface area (Å²) in [4.78, 5) is 15.4. The topological polar surface area (TPSA) is 53.0 Å². The lowest BCUT2D eigenvalue weighted by atomic mass is 10.2. The van der Waals surface area contributed by atoms with Gasteiger partial charge in [-0.15, -0.1) is 0 Å². The summed E-state index contributed by atoms with van der Waals surface area (Å²) in [7, 11) is 0. The van der Waals surface area contributed by atoms with Crippen molar-refractivity contribution < 1.29 is 14.6 Å². The summed E-state index contributed by atoms with van der Waals surface area (Å²) in [5.41, 5.74) is 1.35. The summed E-state index contributed by atoms with van der Waals surface area (Å²) in [6.45, 7) is 7.96. The number of hydrogen-bond acceptors (Lipinski definition) is 4. The third-order valence-electron chi connectivity index (χ3n) is 3.84. The van der Waals surface area contributed by atoms with Gasteiger partial charge in [-0.3, -0.25) is 9.80 Å². The first-order chi connectivity index (χ1) is 10.1. The fraction of sp³-hybridized carbons (Fsp3) is 0.562. The normalized spacial score (nSPS) is 18.5. The first-order valence-corrected chi connectivity index (χ1v) is 7.48. The van der Waals surface area contributed by atoms with Gasteiger partial charge in [0.05, 0.1) is 6.61 Å². The highest BCUT2D eigenvalue weighted by atomic mass is 16.5. The number of nitrogens with zero attached hydrogens (tertiary/aromatic N) is 2. The van der Waals surface area contributed by atoms with Gasteiger partial charge in [-0.1, -0.05) is 30.3 Å². The van der Waals surface area contributed by atoms with Crippen molar-refractivity contribution in [3.8, 4) is 0 Å². The number of aliphatic carboxylic acids is 1. The molecule has 0 amide bonds. The maximum Gasteiger partial charge on any atom is 0.332 e. The van der Waals surface area contributed by atoms with Gasteiger partial charge in [-0.25, -0.2) is 4.79 Å². The SMILES string of the molecule is CC(OCCN1CCN(Cc2ccccc2)CC1)C(=O)O. The molecule has 2 rings (SSSR count). The van der Waals surface area contributed by atoms with Crippen molar-refractivity contribution in [2.45, 2.75) is 19.6 Å². The van der Waals surface area contributed by atoms with Crippen LogP contribution in [0.4, 0.5) is 0 Å². The second-order valence-electron chi connectivity index (χ2n) is 5.45. The highest BCUT2D eigenvalue weighted by molar-refractivity contribution is 5.71. The van der Waals surface area contributed by atoms with Crippen molar-refractivity contribution in [3.63, 3.8) is 0 Å². The van der Waals surface area contributed by atoms with E-state index in [1.165, 1.54) is 5.56 Å². The Morgan fingerprint density at radius 3 is 2.43 bits per heavy atom. The van der Waals surface area contributed by atoms with Crippen LogP contribution in [-0.2, 0) is 16.1 Å². The molecule has 1 unspecified atom stereocenters. The van der Waals surface area contributed by atoms with E-state index < -0.39 is 12.1 Å². The van der Waals surface area contributed by atoms with E-state index >= 15 is 0 Å². The monoisotopic (exact) mass is 292 g/mol. The molecule has 116 valence electrons. The maximum atomic E-state index is 10.7. The number of hydrogen-bond donors (Lipinski definition) is 1. The van der Waals surface area contributed by atoms with Crippen LogP contribution >= 0.6 is 0 Å². The van der Waals surface area contributed by atoms with Crippen LogP contribution in [0.3, 0.4) is 0 Å². The molecular weight excluding hydrogens is 268 g/mol. The molecule has 1 aliphatic heterocycles. The van der Waals surface area contributed by atoms with Crippen molar-refractivity contribution in [2.75, 3.05) is 39.3 Å². The van der Waals surface area contributed by atoms with E-state index in [4.69, 9.17) is 9.84 Å². The van der Waals surface area contributed by atoms with Crippen LogP contribution in [0, 0.1) is 0 Å². The molecule has 5 nitrogen and oxygen atoms in total. The zero-order valence-electron chi connectivity index (χ0n) is 12.6. The van der Waals surface area contributed by atoms with Gasteiger partial charge in [0.25, 0.3) is 0 Å². The van der Waals surface area contributed by atoms with Crippen molar-refractivity contribution in [3.05, 3.63) is 35.9 Å². The largest absolute Gasteiger partial charge is 0.479 e. The molecule has 0 aromatic heterocycles. The fourth-order valence-corrected chi connectivity index (χ4v) is 2.44. The zero-order valence-corrected chi connectivity index (χ0v) is 12.6. The Balaban J connectivity index is 1.63. The summed E-state index contributed by atoms with van der Waals surface area (Å²) in [5, 5.41) is 8.75. The molecule has 5 heteroatoms. The molecule has 1 atom stereocenters. The first-order valence-electron chi connectivity index (χ1n) is 7.48. The Morgan fingerprint density at radius 1 is 1.19 bits per heavy atom. The van der Waals surface area contributed by atoms with E-state index in [1.54, 1.807) is 6.92 Å². The highest BCUT2D eigenvalue weighted by Gasteiger charge is 2.17. The van der Waals surface area contributed by atoms with E-state index in [9.17, 15) is 4.79 Å². The Hall–Kier alpha value is -1.43. The number of carboxylic acids is 1. The van der Waals surface area contributed by atoms with Crippen molar-refractivity contribution in [1.29, 1.82) is 0 Å². The molecule has 1 heterocycles. The van der Waals surface area contributed by atoms with E-state index in [0.717, 1.165) is 39.3 Å². The van der Waals surface area contributed by atoms with Crippen LogP contribution in [0.15, 0.2) is 30.3 Å². The lowest BCUT2D eigenvalue weighted by Gasteiger charge is -2.34. The van der Waals surface area contributed by atoms with Gasteiger partial charge in [-0.05, 0) is 12.5 Å². The quantitative estimate of drug-likeness (QED) is 0.821. The van der Waals surface area contributed by atoms with Gasteiger partial charge in [0.1, 0.15) is 0 Å². The van der Waals surface area contributed by atoms with Crippen LogP contribution in [0.1, 0.15) is 12.5 Å². The Kier molecular flexibility index (Phi) is 6.17. The van der Waals surface area contributed by atoms with E-state index in [0.29, 0.717) is 6.61 Å². The molecule has 0 radical (unpaired) electrons. The second kappa shape index (κ2) is 8.12. The number of carboxylic acid groups (broad SMARTS) is 1. The Morgan fingerprint density at radius 2 is 1.81 bits per heavy atom. The van der Waals surface area contributed by atoms with Crippen LogP contribution in [0.25, 0.3) is 0 Å². The molecule has 0 aliphatic carbocycles. The summed E-state index contributed by atoms with van der Waals surface area (Å²) in [6.07, 6.45) is -0.718. The fourth-order valence-electron chi connectivity index (χ4n) is 2.44. The van der Waals surface area contributed by atoms with Gasteiger partial charge in [0.15, 0.2) is 6.10 Å². The van der Waals surface area contributed by atoms with Crippen LogP contribution in [0.2, 0.25) is 0 Å². The van der Waals surface area contributed by atoms with Crippen LogP contribution in [-0.4, -0.2) is 66.3 Å². The smallest absolute Gasteiger partial charge is 0.332 e. The summed E-state index contributed by atoms with van der Waals surface area (Å²) >= 11 is 0. The first kappa shape index (κ1) is 15.9. The van der Waals surface area contributed by atoms with Crippen molar-refractivity contribution >= 4 is 5.97 Å². The molecule has 0 bridgehead atoms. The van der Waals surface area contributed by atoms with E-state index in [2.05, 4.69) is 34.1 Å². The lowest BCUT2D eigenvalue weighted by molar-refractivity contribution is -0.149. The highest BCUT2D eigenvalue weighted by Crippen LogP contribution is 2.08. The lowest BCUT2D eigenvalue weighted by Crippen LogP contribution is -2.47. The van der Waals surface area contributed by atoms with Gasteiger partial charge < -0.3 is 9.84 Å². The molecule has 0 saturated carbocycles. The van der Waals surface area contributed by atoms with E-state index in [1.807, 2.05) is 6.07 Å². The number of ether oxygens (including phenoxy) is 1. The van der Waals surface area contributed by atoms with Crippen molar-refractivity contribution in [2.24, 2.45) is 0 Å². The van der Waals surface area contributed by atoms with E-state index in [-0.39, 0.29) is 0 Å². The predicted octanol–water partition coefficient (Wildman–Crippen LogP) is 1.29. The molecule has 1 aromatic rings. The summed E-state index contributed by atoms with van der Waals surface area (Å²) in [6, 6.07) is 10.5. The molecule has 21 heavy (non-hydrogen) atoms. The number of carbonyl (C=O) groups is 1. The third-order valence-corrected chi connectivity index (χ3v) is 3.84. The standard InChI is InChI=1S/C16H24N2O3/c1-14(16(19)20)21-12-11-17-7-9-18(10-8-17)13-15-5-3-2-4-6-15/h2-6,14H,7-13H2,1H3,(H,19,20). The van der Waals surface area contributed by atoms with Crippen molar-refractivity contribution in [1.82, 2.24) is 9.80 Å². The minimum atomic E-state index is -0.900. The van der Waals surface area contributed by atoms with Crippen LogP contribution < -0.4 is 0 Å². The molecule has 0 spiro atoms. The summed E-state index contributed by atoms with van der Waals surface area (Å²) in [5.74, 6) is -0.900. The molecule has 1 saturated heterocycles. The zero-order chi connectivity index (χ0) is 15.1. The maximum absolute atomic E-state index is 10.7. The molecule has 1 N–H and O–H groups in total. The Labute approximate surface area is 126 Å². The third kappa shape index (κ3) is 5.46. The number of benzene rings is 1. The molecule has 1 aromatic carbocycles. The second-order valence-corrected chi connectivity index (χ2v) is 5.45. The molecular formula is C16H24N2O3. The van der Waals surface area contributed by atoms with Gasteiger partial charge in [0, 0.05) is 39.3 Å². The average Bonchev–Trinajstić information content (AvgIpc) is 2.50. The minimum absolute atomic E-state index is 0.478. The Bertz CT molecular complexity index is 430.